The van der Waals surface area contributed by atoms with Crippen molar-refractivity contribution in [3.05, 3.63) is 41.2 Å². The predicted molar refractivity (Wildman–Crippen MR) is 81.2 cm³/mol. The molecule has 124 valence electrons. The summed E-state index contributed by atoms with van der Waals surface area (Å²) in [7, 11) is 2.70. The lowest BCUT2D eigenvalue weighted by Crippen LogP contribution is -2.33. The van der Waals surface area contributed by atoms with Crippen molar-refractivity contribution in [3.63, 3.8) is 0 Å². The SMILES string of the molecule is COC1=CC(=O)C([C@@H]2CC(=O)c3c(O)cc(OC)cc3O2)=CC1=O. The van der Waals surface area contributed by atoms with Gasteiger partial charge in [0.05, 0.1) is 20.6 Å². The Bertz CT molecular complexity index is 816. The number of rotatable bonds is 3. The molecule has 1 heterocycles. The van der Waals surface area contributed by atoms with Crippen molar-refractivity contribution in [1.29, 1.82) is 0 Å². The van der Waals surface area contributed by atoms with E-state index in [9.17, 15) is 19.5 Å². The van der Waals surface area contributed by atoms with E-state index < -0.39 is 17.7 Å². The number of aromatic hydroxyl groups is 1. The van der Waals surface area contributed by atoms with Gasteiger partial charge in [0, 0.05) is 29.9 Å². The van der Waals surface area contributed by atoms with Gasteiger partial charge in [0.15, 0.2) is 17.3 Å². The molecule has 2 aliphatic rings. The second-order valence-electron chi connectivity index (χ2n) is 5.29. The van der Waals surface area contributed by atoms with Gasteiger partial charge in [-0.05, 0) is 0 Å². The first-order chi connectivity index (χ1) is 11.4. The summed E-state index contributed by atoms with van der Waals surface area (Å²) in [5, 5.41) is 9.95. The van der Waals surface area contributed by atoms with Gasteiger partial charge in [-0.3, -0.25) is 14.4 Å². The quantitative estimate of drug-likeness (QED) is 0.835. The van der Waals surface area contributed by atoms with Crippen LogP contribution in [0.3, 0.4) is 0 Å². The normalized spacial score (nSPS) is 19.9. The molecule has 3 rings (SSSR count). The van der Waals surface area contributed by atoms with E-state index in [0.29, 0.717) is 5.75 Å². The molecule has 0 fully saturated rings. The molecular weight excluding hydrogens is 316 g/mol. The van der Waals surface area contributed by atoms with E-state index in [1.165, 1.54) is 26.4 Å². The zero-order chi connectivity index (χ0) is 17.4. The number of hydrogen-bond acceptors (Lipinski definition) is 7. The second-order valence-corrected chi connectivity index (χ2v) is 5.29. The van der Waals surface area contributed by atoms with Crippen molar-refractivity contribution in [3.8, 4) is 17.2 Å². The summed E-state index contributed by atoms with van der Waals surface area (Å²) in [5.41, 5.74) is 0.109. The first-order valence-corrected chi connectivity index (χ1v) is 7.11. The Labute approximate surface area is 137 Å². The van der Waals surface area contributed by atoms with Crippen LogP contribution in [-0.4, -0.2) is 42.8 Å². The highest BCUT2D eigenvalue weighted by molar-refractivity contribution is 6.20. The minimum Gasteiger partial charge on any atom is -0.507 e. The van der Waals surface area contributed by atoms with Crippen LogP contribution in [0.15, 0.2) is 35.6 Å². The number of hydrogen-bond donors (Lipinski definition) is 1. The van der Waals surface area contributed by atoms with Crippen molar-refractivity contribution < 1.29 is 33.7 Å². The molecule has 24 heavy (non-hydrogen) atoms. The summed E-state index contributed by atoms with van der Waals surface area (Å²) in [6.45, 7) is 0. The van der Waals surface area contributed by atoms with E-state index in [4.69, 9.17) is 14.2 Å². The first kappa shape index (κ1) is 15.8. The number of carbonyl (C=O) groups excluding carboxylic acids is 3. The van der Waals surface area contributed by atoms with Crippen LogP contribution in [0.5, 0.6) is 17.2 Å². The number of carbonyl (C=O) groups is 3. The van der Waals surface area contributed by atoms with Gasteiger partial charge < -0.3 is 19.3 Å². The summed E-state index contributed by atoms with van der Waals surface area (Å²) in [6, 6.07) is 2.76. The van der Waals surface area contributed by atoms with Crippen molar-refractivity contribution in [1.82, 2.24) is 0 Å². The van der Waals surface area contributed by atoms with Gasteiger partial charge in [-0.2, -0.15) is 0 Å². The Morgan fingerprint density at radius 3 is 2.50 bits per heavy atom. The zero-order valence-corrected chi connectivity index (χ0v) is 13.0. The molecule has 0 amide bonds. The fraction of sp³-hybridized carbons (Fsp3) is 0.235. The van der Waals surface area contributed by atoms with E-state index in [1.54, 1.807) is 0 Å². The molecule has 0 saturated carbocycles. The fourth-order valence-corrected chi connectivity index (χ4v) is 2.67. The maximum absolute atomic E-state index is 12.3. The lowest BCUT2D eigenvalue weighted by Gasteiger charge is -2.27. The van der Waals surface area contributed by atoms with Crippen LogP contribution in [0.1, 0.15) is 16.8 Å². The van der Waals surface area contributed by atoms with Crippen LogP contribution >= 0.6 is 0 Å². The fourth-order valence-electron chi connectivity index (χ4n) is 2.67. The summed E-state index contributed by atoms with van der Waals surface area (Å²) in [5.74, 6) is -1.22. The maximum Gasteiger partial charge on any atom is 0.221 e. The molecule has 0 saturated heterocycles. The average Bonchev–Trinajstić information content (AvgIpc) is 2.55. The molecule has 1 aliphatic heterocycles. The molecule has 1 atom stereocenters. The monoisotopic (exact) mass is 330 g/mol. The molecule has 1 N–H and O–H groups in total. The molecular formula is C17H14O7. The molecule has 1 aromatic carbocycles. The van der Waals surface area contributed by atoms with Gasteiger partial charge in [0.2, 0.25) is 5.78 Å². The van der Waals surface area contributed by atoms with Crippen molar-refractivity contribution in [2.75, 3.05) is 14.2 Å². The topological polar surface area (TPSA) is 99.1 Å². The van der Waals surface area contributed by atoms with Gasteiger partial charge in [-0.1, -0.05) is 0 Å². The Morgan fingerprint density at radius 2 is 1.83 bits per heavy atom. The van der Waals surface area contributed by atoms with Crippen LogP contribution in [0.2, 0.25) is 0 Å². The van der Waals surface area contributed by atoms with E-state index in [2.05, 4.69) is 0 Å². The number of allylic oxidation sites excluding steroid dienone is 2. The zero-order valence-electron chi connectivity index (χ0n) is 13.0. The van der Waals surface area contributed by atoms with Gasteiger partial charge in [-0.15, -0.1) is 0 Å². The number of methoxy groups -OCH3 is 2. The summed E-state index contributed by atoms with van der Waals surface area (Å²) in [4.78, 5) is 36.4. The third-order valence-electron chi connectivity index (χ3n) is 3.85. The van der Waals surface area contributed by atoms with E-state index in [1.807, 2.05) is 0 Å². The summed E-state index contributed by atoms with van der Waals surface area (Å²) in [6.07, 6.45) is 1.12. The van der Waals surface area contributed by atoms with Gasteiger partial charge in [-0.25, -0.2) is 0 Å². The number of Topliss-reactive ketones (excluding diaryl/α,β-unsaturated/α-hetero) is 1. The summed E-state index contributed by atoms with van der Waals surface area (Å²) < 4.78 is 15.5. The Kier molecular flexibility index (Phi) is 3.84. The van der Waals surface area contributed by atoms with Crippen LogP contribution in [0.25, 0.3) is 0 Å². The molecule has 1 aromatic rings. The highest BCUT2D eigenvalue weighted by atomic mass is 16.5. The number of ether oxygens (including phenoxy) is 3. The van der Waals surface area contributed by atoms with E-state index >= 15 is 0 Å². The number of benzene rings is 1. The summed E-state index contributed by atoms with van der Waals surface area (Å²) >= 11 is 0. The Hall–Kier alpha value is -3.09. The number of ketones is 3. The largest absolute Gasteiger partial charge is 0.507 e. The van der Waals surface area contributed by atoms with Crippen molar-refractivity contribution in [2.24, 2.45) is 0 Å². The van der Waals surface area contributed by atoms with Crippen LogP contribution < -0.4 is 9.47 Å². The minimum absolute atomic E-state index is 0.0374. The van der Waals surface area contributed by atoms with E-state index in [-0.39, 0.29) is 40.6 Å². The molecule has 0 spiro atoms. The van der Waals surface area contributed by atoms with Gasteiger partial charge in [0.1, 0.15) is 28.9 Å². The average molecular weight is 330 g/mol. The minimum atomic E-state index is -0.914. The van der Waals surface area contributed by atoms with Gasteiger partial charge in [0.25, 0.3) is 0 Å². The van der Waals surface area contributed by atoms with Crippen molar-refractivity contribution in [2.45, 2.75) is 12.5 Å². The first-order valence-electron chi connectivity index (χ1n) is 7.11. The maximum atomic E-state index is 12.3. The van der Waals surface area contributed by atoms with Gasteiger partial charge >= 0.3 is 0 Å². The third kappa shape index (κ3) is 2.54. The third-order valence-corrected chi connectivity index (χ3v) is 3.85. The molecule has 7 heteroatoms. The lowest BCUT2D eigenvalue weighted by molar-refractivity contribution is -0.117. The molecule has 0 aromatic heterocycles. The Morgan fingerprint density at radius 1 is 1.08 bits per heavy atom. The number of fused-ring (bicyclic) bond motifs is 1. The molecule has 0 radical (unpaired) electrons. The molecule has 0 unspecified atom stereocenters. The van der Waals surface area contributed by atoms with Crippen LogP contribution in [0, 0.1) is 0 Å². The highest BCUT2D eigenvalue weighted by Gasteiger charge is 2.36. The second kappa shape index (κ2) is 5.84. The number of phenolic OH excluding ortho intramolecular Hbond substituents is 1. The number of phenols is 1. The highest BCUT2D eigenvalue weighted by Crippen LogP contribution is 2.39. The van der Waals surface area contributed by atoms with Crippen LogP contribution in [0.4, 0.5) is 0 Å². The molecule has 0 bridgehead atoms. The van der Waals surface area contributed by atoms with E-state index in [0.717, 1.165) is 12.2 Å². The van der Waals surface area contributed by atoms with Crippen LogP contribution in [-0.2, 0) is 14.3 Å². The predicted octanol–water partition coefficient (Wildman–Crippen LogP) is 1.34. The Balaban J connectivity index is 1.97. The smallest absolute Gasteiger partial charge is 0.221 e. The van der Waals surface area contributed by atoms with Crippen molar-refractivity contribution >= 4 is 17.3 Å². The standard InChI is InChI=1S/C17H14O7/c1-22-8-3-12(20)17-13(21)7-14(24-16(17)4-8)9-5-11(19)15(23-2)6-10(9)18/h3-6,14,20H,7H2,1-2H3/t14-/m0/s1. The lowest BCUT2D eigenvalue weighted by atomic mass is 9.90. The molecule has 1 aliphatic carbocycles. The molecule has 7 nitrogen and oxygen atoms in total.